The van der Waals surface area contributed by atoms with Crippen LogP contribution in [0.4, 0.5) is 0 Å². The van der Waals surface area contributed by atoms with Crippen molar-refractivity contribution in [1.82, 2.24) is 0 Å². The van der Waals surface area contributed by atoms with Gasteiger partial charge in [-0.3, -0.25) is 9.59 Å². The van der Waals surface area contributed by atoms with Crippen LogP contribution in [0.1, 0.15) is 303 Å². The third-order valence-electron chi connectivity index (χ3n) is 14.1. The molecule has 0 aromatic carbocycles. The molecule has 0 aliphatic rings. The number of ether oxygens (including phenoxy) is 3. The molecule has 0 bridgehead atoms. The molecule has 70 heavy (non-hydrogen) atoms. The molecule has 412 valence electrons. The quantitative estimate of drug-likeness (QED) is 0.0280. The number of rotatable bonds is 56. The van der Waals surface area contributed by atoms with Crippen molar-refractivity contribution >= 4 is 17.9 Å². The molecule has 2 unspecified atom stereocenters. The zero-order valence-corrected chi connectivity index (χ0v) is 47.2. The highest BCUT2D eigenvalue weighted by molar-refractivity contribution is 5.72. The number of unbranched alkanes of at least 4 members (excludes halogenated alkanes) is 38. The van der Waals surface area contributed by atoms with Crippen LogP contribution in [-0.2, 0) is 28.6 Å². The highest BCUT2D eigenvalue weighted by Crippen LogP contribution is 2.17. The maximum atomic E-state index is 12.9. The molecule has 2 atom stereocenters. The molecule has 0 aromatic rings. The van der Waals surface area contributed by atoms with Crippen LogP contribution in [0.15, 0.2) is 24.3 Å². The average molecular weight is 990 g/mol. The summed E-state index contributed by atoms with van der Waals surface area (Å²) in [6, 6.07) is -0.614. The first-order valence-corrected chi connectivity index (χ1v) is 30.4. The summed E-state index contributed by atoms with van der Waals surface area (Å²) in [5, 5.41) is 9.69. The maximum Gasteiger partial charge on any atom is 0.362 e. The van der Waals surface area contributed by atoms with E-state index < -0.39 is 18.1 Å². The Labute approximate surface area is 434 Å². The molecule has 8 heteroatoms. The van der Waals surface area contributed by atoms with E-state index in [2.05, 4.69) is 38.2 Å². The molecule has 0 aliphatic carbocycles. The van der Waals surface area contributed by atoms with Crippen molar-refractivity contribution < 1.29 is 38.2 Å². The number of aliphatic carboxylic acids is 1. The van der Waals surface area contributed by atoms with Crippen LogP contribution in [0.2, 0.25) is 0 Å². The molecule has 0 saturated carbocycles. The molecule has 0 saturated heterocycles. The van der Waals surface area contributed by atoms with Crippen molar-refractivity contribution in [3.63, 3.8) is 0 Å². The van der Waals surface area contributed by atoms with Gasteiger partial charge in [-0.25, -0.2) is 4.79 Å². The van der Waals surface area contributed by atoms with E-state index in [1.54, 1.807) is 0 Å². The van der Waals surface area contributed by atoms with Crippen molar-refractivity contribution in [2.75, 3.05) is 41.0 Å². The van der Waals surface area contributed by atoms with Gasteiger partial charge in [0.25, 0.3) is 0 Å². The third kappa shape index (κ3) is 50.7. The van der Waals surface area contributed by atoms with Gasteiger partial charge in [0.15, 0.2) is 12.1 Å². The van der Waals surface area contributed by atoms with E-state index >= 15 is 0 Å². The molecule has 0 rings (SSSR count). The molecular formula is C62H118NO7+. The van der Waals surface area contributed by atoms with Crippen LogP contribution in [-0.4, -0.2) is 80.6 Å². The number of nitrogens with zero attached hydrogens (tertiary/aromatic N) is 1. The van der Waals surface area contributed by atoms with Gasteiger partial charge in [0, 0.05) is 19.3 Å². The molecule has 0 aromatic heterocycles. The number of carboxylic acids is 1. The van der Waals surface area contributed by atoms with Crippen LogP contribution in [0, 0.1) is 0 Å². The lowest BCUT2D eigenvalue weighted by molar-refractivity contribution is -0.887. The number of quaternary nitrogens is 1. The molecule has 0 amide bonds. The first-order valence-electron chi connectivity index (χ1n) is 30.4. The van der Waals surface area contributed by atoms with Crippen molar-refractivity contribution in [3.8, 4) is 0 Å². The molecule has 0 aliphatic heterocycles. The van der Waals surface area contributed by atoms with E-state index in [-0.39, 0.29) is 36.2 Å². The van der Waals surface area contributed by atoms with Crippen LogP contribution in [0.25, 0.3) is 0 Å². The van der Waals surface area contributed by atoms with Gasteiger partial charge >= 0.3 is 17.9 Å². The van der Waals surface area contributed by atoms with Gasteiger partial charge in [0.2, 0.25) is 0 Å². The Bertz CT molecular complexity index is 1200. The topological polar surface area (TPSA) is 99.1 Å². The summed E-state index contributed by atoms with van der Waals surface area (Å²) in [7, 11) is 5.56. The summed E-state index contributed by atoms with van der Waals surface area (Å²) in [5.74, 6) is -1.45. The average Bonchev–Trinajstić information content (AvgIpc) is 3.33. The lowest BCUT2D eigenvalue weighted by Gasteiger charge is -2.31. The maximum absolute atomic E-state index is 12.9. The minimum atomic E-state index is -0.870. The van der Waals surface area contributed by atoms with E-state index in [0.717, 1.165) is 38.5 Å². The van der Waals surface area contributed by atoms with Gasteiger partial charge in [0.1, 0.15) is 6.61 Å². The number of carbonyl (C=O) groups is 3. The Morgan fingerprint density at radius 1 is 0.414 bits per heavy atom. The molecule has 0 heterocycles. The summed E-state index contributed by atoms with van der Waals surface area (Å²) in [6.45, 7) is 4.79. The number of esters is 2. The Morgan fingerprint density at radius 3 is 1.03 bits per heavy atom. The predicted octanol–water partition coefficient (Wildman–Crippen LogP) is 18.3. The summed E-state index contributed by atoms with van der Waals surface area (Å²) >= 11 is 0. The third-order valence-corrected chi connectivity index (χ3v) is 14.1. The second kappa shape index (κ2) is 53.1. The normalized spacial score (nSPS) is 12.9. The van der Waals surface area contributed by atoms with Gasteiger partial charge in [-0.2, -0.15) is 0 Å². The van der Waals surface area contributed by atoms with Gasteiger partial charge in [0.05, 0.1) is 34.4 Å². The van der Waals surface area contributed by atoms with Gasteiger partial charge in [-0.05, 0) is 64.2 Å². The fourth-order valence-corrected chi connectivity index (χ4v) is 9.38. The number of hydrogen-bond acceptors (Lipinski definition) is 6. The van der Waals surface area contributed by atoms with Crippen molar-refractivity contribution in [1.29, 1.82) is 0 Å². The molecular weight excluding hydrogens is 871 g/mol. The van der Waals surface area contributed by atoms with Gasteiger partial charge in [-0.1, -0.05) is 244 Å². The van der Waals surface area contributed by atoms with Crippen LogP contribution < -0.4 is 0 Å². The number of hydrogen-bond donors (Lipinski definition) is 1. The molecule has 0 spiro atoms. The fraction of sp³-hybridized carbons (Fsp3) is 0.887. The highest BCUT2D eigenvalue weighted by Gasteiger charge is 2.31. The second-order valence-corrected chi connectivity index (χ2v) is 22.0. The van der Waals surface area contributed by atoms with Gasteiger partial charge in [-0.15, -0.1) is 0 Å². The zero-order valence-electron chi connectivity index (χ0n) is 47.2. The zero-order chi connectivity index (χ0) is 51.3. The lowest BCUT2D eigenvalue weighted by atomic mass is 10.0. The number of likely N-dealkylation sites (N-methyl/N-ethyl adjacent to an activating group) is 1. The Balaban J connectivity index is 4.11. The van der Waals surface area contributed by atoms with Crippen LogP contribution in [0.5, 0.6) is 0 Å². The second-order valence-electron chi connectivity index (χ2n) is 22.0. The fourth-order valence-electron chi connectivity index (χ4n) is 9.38. The number of allylic oxidation sites excluding steroid dienone is 4. The van der Waals surface area contributed by atoms with Crippen LogP contribution >= 0.6 is 0 Å². The van der Waals surface area contributed by atoms with Crippen molar-refractivity contribution in [2.45, 2.75) is 315 Å². The number of carboxylic acid groups (broad SMARTS) is 1. The monoisotopic (exact) mass is 989 g/mol. The smallest absolute Gasteiger partial charge is 0.362 e. The van der Waals surface area contributed by atoms with Crippen molar-refractivity contribution in [3.05, 3.63) is 24.3 Å². The summed E-state index contributed by atoms with van der Waals surface area (Å²) in [6.07, 6.45) is 63.9. The largest absolute Gasteiger partial charge is 0.477 e. The Kier molecular flexibility index (Phi) is 51.5. The molecule has 0 radical (unpaired) electrons. The lowest BCUT2D eigenvalue weighted by Crippen LogP contribution is -2.50. The number of carbonyl (C=O) groups excluding carboxylic acids is 2. The summed E-state index contributed by atoms with van der Waals surface area (Å²) < 4.78 is 17.4. The first-order chi connectivity index (χ1) is 34.1. The minimum Gasteiger partial charge on any atom is -0.477 e. The first kappa shape index (κ1) is 67.8. The standard InChI is InChI=1S/C62H117NO7/c1-6-8-10-12-14-16-18-20-22-24-26-28-30-32-34-36-38-40-42-44-46-48-50-52-60(64)69-57-58(56-68-55-54-59(62(66)67)63(3,4)5)70-61(65)53-51-49-47-45-43-41-39-37-35-33-31-29-27-25-23-21-19-17-15-13-11-9-7-2/h24-27,58-59H,6-23,28-57H2,1-5H3/p+1/b26-24-,27-25-. The highest BCUT2D eigenvalue weighted by atomic mass is 16.6. The molecule has 1 N–H and O–H groups in total. The van der Waals surface area contributed by atoms with Crippen molar-refractivity contribution in [2.24, 2.45) is 0 Å². The summed E-state index contributed by atoms with van der Waals surface area (Å²) in [5.41, 5.74) is 0. The van der Waals surface area contributed by atoms with Gasteiger partial charge < -0.3 is 23.8 Å². The van der Waals surface area contributed by atoms with Crippen LogP contribution in [0.3, 0.4) is 0 Å². The Hall–Kier alpha value is -2.19. The Morgan fingerprint density at radius 2 is 0.714 bits per heavy atom. The van der Waals surface area contributed by atoms with E-state index in [1.807, 2.05) is 21.1 Å². The van der Waals surface area contributed by atoms with E-state index in [0.29, 0.717) is 19.3 Å². The van der Waals surface area contributed by atoms with E-state index in [9.17, 15) is 19.5 Å². The van der Waals surface area contributed by atoms with E-state index in [1.165, 1.54) is 231 Å². The summed E-state index contributed by atoms with van der Waals surface area (Å²) in [4.78, 5) is 37.3. The molecule has 8 nitrogen and oxygen atoms in total. The minimum absolute atomic E-state index is 0.0469. The molecule has 0 fully saturated rings. The predicted molar refractivity (Wildman–Crippen MR) is 299 cm³/mol. The SMILES string of the molecule is CCCCCCCCCC/C=C\CCCCCCCCCCCCCC(=O)OCC(COCCC(C(=O)O)[N+](C)(C)C)OC(=O)CCCCCCCCCCCCC/C=C\CCCCCCCCCC. The van der Waals surface area contributed by atoms with E-state index in [4.69, 9.17) is 14.2 Å².